The minimum atomic E-state index is 0. The summed E-state index contributed by atoms with van der Waals surface area (Å²) in [5.41, 5.74) is 4.79. The number of halogens is 14. The van der Waals surface area contributed by atoms with E-state index in [0.717, 1.165) is 11.4 Å². The SMILES string of the molecule is CN=C([N-]C)c1ccc(I)cc1.Clc1cc(Cl)cc(N=C[N-]c2cc(Cl)cc(Cl)c2)c1.Clc1cc(Cl)cc(N=C[N-]c2cc(Cl)cc(Cl)c2)c1.Clc1cc(Cl)cc(N=C[N-]c2cc(Cl)cc(Cl)c2)c1.[Cl][Ru+2].[Ru+2]. The first-order valence-corrected chi connectivity index (χ1v) is 27.1. The molecule has 0 saturated heterocycles. The Bertz CT molecular complexity index is 2570. The minimum absolute atomic E-state index is 0. The van der Waals surface area contributed by atoms with Gasteiger partial charge in [0.15, 0.2) is 0 Å². The van der Waals surface area contributed by atoms with Crippen LogP contribution in [0.3, 0.4) is 0 Å². The van der Waals surface area contributed by atoms with E-state index in [1.807, 2.05) is 41.6 Å². The van der Waals surface area contributed by atoms with Gasteiger partial charge in [-0.25, -0.2) is 0 Å². The summed E-state index contributed by atoms with van der Waals surface area (Å²) >= 11 is 74.5. The average molecular weight is 1510 g/mol. The van der Waals surface area contributed by atoms with Crippen molar-refractivity contribution in [2.75, 3.05) is 14.1 Å². The molecule has 0 unspecified atom stereocenters. The van der Waals surface area contributed by atoms with Crippen LogP contribution in [0, 0.1) is 3.57 Å². The normalized spacial score (nSPS) is 10.6. The molecule has 0 heterocycles. The predicted octanol–water partition coefficient (Wildman–Crippen LogP) is 23.4. The summed E-state index contributed by atoms with van der Waals surface area (Å²) in [5.74, 6) is 0.798. The van der Waals surface area contributed by atoms with Crippen LogP contribution >= 0.6 is 171 Å². The zero-order chi connectivity index (χ0) is 52.5. The molecule has 0 amide bonds. The second kappa shape index (κ2) is 36.2. The third-order valence-corrected chi connectivity index (χ3v) is 11.2. The van der Waals surface area contributed by atoms with Crippen LogP contribution < -0.4 is 0 Å². The van der Waals surface area contributed by atoms with Gasteiger partial charge in [0.05, 0.1) is 0 Å². The Hall–Kier alpha value is -1.83. The average Bonchev–Trinajstić information content (AvgIpc) is 3.27. The van der Waals surface area contributed by atoms with Crippen molar-refractivity contribution in [3.05, 3.63) is 224 Å². The van der Waals surface area contributed by atoms with Crippen LogP contribution in [0.2, 0.25) is 60.3 Å². The van der Waals surface area contributed by atoms with Crippen molar-refractivity contribution in [2.24, 2.45) is 20.0 Å². The zero-order valence-corrected chi connectivity index (χ0v) is 52.0. The van der Waals surface area contributed by atoms with Gasteiger partial charge in [-0.3, -0.25) is 0 Å². The molecule has 0 aliphatic rings. The standard InChI is InChI=1S/3C13H7Cl4N2.C9H10IN2.ClH.2Ru/c3*14-8-1-9(15)4-12(3-8)18-7-19-13-5-10(16)2-11(17)6-13;1-11-9(12-2)7-3-5-8(10)6-4-7;;;/h3*1-7H;3-6H,1-2H3;1H;;/q4*-1;;+2;+3/p-1. The van der Waals surface area contributed by atoms with Crippen LogP contribution in [0.5, 0.6) is 0 Å². The smallest absolute Gasteiger partial charge is 2.00 e. The first kappa shape index (κ1) is 66.3. The van der Waals surface area contributed by atoms with E-state index in [9.17, 15) is 0 Å². The fourth-order valence-corrected chi connectivity index (χ4v) is 8.57. The molecule has 0 N–H and O–H groups in total. The topological polar surface area (TPSA) is 106 Å². The van der Waals surface area contributed by atoms with Crippen molar-refractivity contribution in [1.82, 2.24) is 0 Å². The first-order valence-electron chi connectivity index (χ1n) is 19.3. The summed E-state index contributed by atoms with van der Waals surface area (Å²) in [6.45, 7) is 0. The molecule has 0 saturated carbocycles. The van der Waals surface area contributed by atoms with Crippen molar-refractivity contribution in [2.45, 2.75) is 0 Å². The molecule has 72 heavy (non-hydrogen) atoms. The summed E-state index contributed by atoms with van der Waals surface area (Å²) in [6, 6.07) is 38.2. The number of hydrogen-bond acceptors (Lipinski definition) is 4. The van der Waals surface area contributed by atoms with E-state index in [-0.39, 0.29) is 19.5 Å². The number of amidine groups is 1. The number of aliphatic imine (C=N–C) groups is 4. The van der Waals surface area contributed by atoms with Gasteiger partial charge in [-0.15, -0.1) is 0 Å². The molecule has 7 aromatic rings. The van der Waals surface area contributed by atoms with Gasteiger partial charge in [-0.05, 0) is 184 Å². The maximum atomic E-state index is 5.86. The molecule has 377 valence electrons. The predicted molar refractivity (Wildman–Crippen MR) is 319 cm³/mol. The van der Waals surface area contributed by atoms with Crippen LogP contribution in [-0.4, -0.2) is 38.9 Å². The molecule has 0 spiro atoms. The summed E-state index contributed by atoms with van der Waals surface area (Å²) in [5, 5.41) is 22.7. The summed E-state index contributed by atoms with van der Waals surface area (Å²) in [6.07, 6.45) is 4.18. The molecule has 0 atom stereocenters. The van der Waals surface area contributed by atoms with Gasteiger partial charge >= 0.3 is 46.5 Å². The van der Waals surface area contributed by atoms with Crippen molar-refractivity contribution in [3.8, 4) is 0 Å². The van der Waals surface area contributed by atoms with Gasteiger partial charge in [0.1, 0.15) is 0 Å². The Balaban J connectivity index is 0.000000328. The quantitative estimate of drug-likeness (QED) is 0.0563. The molecule has 0 bridgehead atoms. The molecular weight excluding hydrogens is 1480 g/mol. The Morgan fingerprint density at radius 2 is 0.625 bits per heavy atom. The summed E-state index contributed by atoms with van der Waals surface area (Å²) in [7, 11) is 8.07. The third kappa shape index (κ3) is 27.3. The van der Waals surface area contributed by atoms with Crippen molar-refractivity contribution in [3.63, 3.8) is 0 Å². The minimum Gasteiger partial charge on any atom is 2.00 e. The molecule has 7 rings (SSSR count). The molecule has 0 aliphatic carbocycles. The number of hydrogen-bond donors (Lipinski definition) is 0. The largest absolute Gasteiger partial charge is 2.00 e. The Morgan fingerprint density at radius 3 is 0.833 bits per heavy atom. The second-order valence-electron chi connectivity index (χ2n) is 13.2. The first-order chi connectivity index (χ1) is 33.8. The second-order valence-corrected chi connectivity index (χ2v) is 19.6. The van der Waals surface area contributed by atoms with Crippen molar-refractivity contribution in [1.29, 1.82) is 0 Å². The third-order valence-electron chi connectivity index (χ3n) is 7.85. The maximum absolute atomic E-state index is 5.86. The van der Waals surface area contributed by atoms with E-state index in [2.05, 4.69) is 73.5 Å². The Kier molecular flexibility index (Phi) is 33.4. The number of rotatable bonds is 10. The van der Waals surface area contributed by atoms with E-state index >= 15 is 0 Å². The molecule has 0 aliphatic heterocycles. The number of benzene rings is 7. The van der Waals surface area contributed by atoms with E-state index < -0.39 is 0 Å². The van der Waals surface area contributed by atoms with E-state index in [1.54, 1.807) is 123 Å². The van der Waals surface area contributed by atoms with Gasteiger partial charge in [0.25, 0.3) is 0 Å². The zero-order valence-electron chi connectivity index (χ0n) is 36.5. The van der Waals surface area contributed by atoms with Crippen LogP contribution in [0.15, 0.2) is 153 Å². The molecule has 0 fully saturated rings. The summed E-state index contributed by atoms with van der Waals surface area (Å²) in [4.78, 5) is 16.5. The molecule has 0 radical (unpaired) electrons. The van der Waals surface area contributed by atoms with Crippen LogP contribution in [-0.2, 0) is 36.8 Å². The fraction of sp³-hybridized carbons (Fsp3) is 0.0417. The van der Waals surface area contributed by atoms with Gasteiger partial charge in [0.2, 0.25) is 0 Å². The fourth-order valence-electron chi connectivity index (χ4n) is 5.13. The molecule has 0 aromatic heterocycles. The Morgan fingerprint density at radius 1 is 0.403 bits per heavy atom. The van der Waals surface area contributed by atoms with Crippen LogP contribution in [0.1, 0.15) is 5.56 Å². The van der Waals surface area contributed by atoms with Gasteiger partial charge in [-0.1, -0.05) is 190 Å². The van der Waals surface area contributed by atoms with E-state index in [1.165, 1.54) is 22.6 Å². The maximum Gasteiger partial charge on any atom is 2.00 e. The van der Waals surface area contributed by atoms with Crippen LogP contribution in [0.4, 0.5) is 34.1 Å². The van der Waals surface area contributed by atoms with E-state index in [0.29, 0.717) is 94.4 Å². The Labute approximate surface area is 519 Å². The number of nitrogens with zero attached hydrogens (tertiary/aromatic N) is 8. The molecule has 8 nitrogen and oxygen atoms in total. The molecule has 7 aromatic carbocycles. The van der Waals surface area contributed by atoms with Crippen LogP contribution in [0.25, 0.3) is 21.3 Å². The summed E-state index contributed by atoms with van der Waals surface area (Å²) < 4.78 is 1.22. The molecular formula is C48H31Cl13IN8Ru2. The van der Waals surface area contributed by atoms with Gasteiger partial charge < -0.3 is 41.2 Å². The van der Waals surface area contributed by atoms with Gasteiger partial charge in [-0.2, -0.15) is 0 Å². The van der Waals surface area contributed by atoms with Crippen molar-refractivity contribution < 1.29 is 36.8 Å². The molecule has 24 heteroatoms. The van der Waals surface area contributed by atoms with Gasteiger partial charge in [0, 0.05) is 63.8 Å². The monoisotopic (exact) mass is 1500 g/mol. The van der Waals surface area contributed by atoms with E-state index in [4.69, 9.17) is 139 Å². The van der Waals surface area contributed by atoms with Crippen molar-refractivity contribution >= 4 is 230 Å².